The van der Waals surface area contributed by atoms with Crippen molar-refractivity contribution in [1.29, 1.82) is 0 Å². The van der Waals surface area contributed by atoms with Crippen molar-refractivity contribution in [3.05, 3.63) is 47.8 Å². The predicted molar refractivity (Wildman–Crippen MR) is 128 cm³/mol. The summed E-state index contributed by atoms with van der Waals surface area (Å²) < 4.78 is 53.2. The van der Waals surface area contributed by atoms with Gasteiger partial charge in [0.1, 0.15) is 11.6 Å². The molecule has 2 heterocycles. The number of hydrogen-bond donors (Lipinski definition) is 1. The molecule has 2 aromatic carbocycles. The zero-order valence-corrected chi connectivity index (χ0v) is 20.1. The fourth-order valence-electron chi connectivity index (χ4n) is 4.30. The van der Waals surface area contributed by atoms with E-state index < -0.39 is 21.7 Å². The number of sulfonamides is 1. The number of nitrogens with one attached hydrogen (secondary N) is 1. The Balaban J connectivity index is 1.56. The van der Waals surface area contributed by atoms with Crippen molar-refractivity contribution in [3.8, 4) is 5.75 Å². The smallest absolute Gasteiger partial charge is 0.259 e. The van der Waals surface area contributed by atoms with Gasteiger partial charge in [-0.1, -0.05) is 12.8 Å². The number of benzene rings is 2. The van der Waals surface area contributed by atoms with E-state index in [1.165, 1.54) is 35.7 Å². The third kappa shape index (κ3) is 5.34. The Morgan fingerprint density at radius 2 is 1.71 bits per heavy atom. The zero-order chi connectivity index (χ0) is 24.1. The first-order valence-electron chi connectivity index (χ1n) is 11.5. The lowest BCUT2D eigenvalue weighted by atomic mass is 10.1. The highest BCUT2D eigenvalue weighted by molar-refractivity contribution is 7.89. The molecule has 4 rings (SSSR count). The molecule has 0 radical (unpaired) electrons. The molecule has 0 unspecified atom stereocenters. The average molecular weight is 492 g/mol. The summed E-state index contributed by atoms with van der Waals surface area (Å²) in [6.07, 6.45) is 3.63. The van der Waals surface area contributed by atoms with Gasteiger partial charge in [0.2, 0.25) is 10.0 Å². The summed E-state index contributed by atoms with van der Waals surface area (Å²) in [6, 6.07) is 8.75. The molecule has 34 heavy (non-hydrogen) atoms. The standard InChI is InChI=1S/C24H30FN3O5S/c1-32-23-9-7-19(34(30,31)28-10-4-2-3-5-11-28)17-20(23)24(29)26-18-6-8-22(21(25)16-18)27-12-14-33-15-13-27/h6-9,16-17H,2-5,10-15H2,1H3,(H,26,29). The SMILES string of the molecule is COc1ccc(S(=O)(=O)N2CCCCCC2)cc1C(=O)Nc1ccc(N2CCOCC2)c(F)c1. The van der Waals surface area contributed by atoms with E-state index in [1.807, 2.05) is 4.90 Å². The molecule has 0 aromatic heterocycles. The molecule has 0 aliphatic carbocycles. The van der Waals surface area contributed by atoms with E-state index in [9.17, 15) is 17.6 Å². The fourth-order valence-corrected chi connectivity index (χ4v) is 5.84. The first kappa shape index (κ1) is 24.4. The lowest BCUT2D eigenvalue weighted by molar-refractivity contribution is 0.102. The number of ether oxygens (including phenoxy) is 2. The number of anilines is 2. The molecule has 8 nitrogen and oxygen atoms in total. The van der Waals surface area contributed by atoms with Crippen molar-refractivity contribution in [2.45, 2.75) is 30.6 Å². The summed E-state index contributed by atoms with van der Waals surface area (Å²) in [4.78, 5) is 15.0. The largest absolute Gasteiger partial charge is 0.496 e. The molecule has 2 aromatic rings. The zero-order valence-electron chi connectivity index (χ0n) is 19.3. The highest BCUT2D eigenvalue weighted by Gasteiger charge is 2.27. The number of hydrogen-bond acceptors (Lipinski definition) is 6. The number of carbonyl (C=O) groups is 1. The maximum absolute atomic E-state index is 14.7. The topological polar surface area (TPSA) is 88.2 Å². The van der Waals surface area contributed by atoms with E-state index in [2.05, 4.69) is 5.32 Å². The van der Waals surface area contributed by atoms with Crippen LogP contribution in [0.15, 0.2) is 41.3 Å². The monoisotopic (exact) mass is 491 g/mol. The van der Waals surface area contributed by atoms with Crippen LogP contribution in [0.3, 0.4) is 0 Å². The van der Waals surface area contributed by atoms with Crippen molar-refractivity contribution >= 4 is 27.3 Å². The summed E-state index contributed by atoms with van der Waals surface area (Å²) >= 11 is 0. The van der Waals surface area contributed by atoms with Gasteiger partial charge in [-0.15, -0.1) is 0 Å². The molecule has 0 atom stereocenters. The molecule has 1 N–H and O–H groups in total. The third-order valence-corrected chi connectivity index (χ3v) is 8.07. The molecule has 184 valence electrons. The van der Waals surface area contributed by atoms with E-state index in [-0.39, 0.29) is 21.9 Å². The van der Waals surface area contributed by atoms with Gasteiger partial charge in [-0.3, -0.25) is 4.79 Å². The fraction of sp³-hybridized carbons (Fsp3) is 0.458. The van der Waals surface area contributed by atoms with E-state index in [0.29, 0.717) is 45.1 Å². The normalized spacial score (nSPS) is 17.8. The van der Waals surface area contributed by atoms with Crippen LogP contribution in [0, 0.1) is 5.82 Å². The van der Waals surface area contributed by atoms with Crippen LogP contribution in [0.5, 0.6) is 5.75 Å². The van der Waals surface area contributed by atoms with E-state index >= 15 is 0 Å². The number of methoxy groups -OCH3 is 1. The van der Waals surface area contributed by atoms with E-state index in [1.54, 1.807) is 12.1 Å². The number of carbonyl (C=O) groups excluding carboxylic acids is 1. The lowest BCUT2D eigenvalue weighted by Gasteiger charge is -2.29. The number of morpholine rings is 1. The Morgan fingerprint density at radius 3 is 2.35 bits per heavy atom. The Bertz CT molecular complexity index is 1130. The van der Waals surface area contributed by atoms with Crippen molar-refractivity contribution < 1.29 is 27.1 Å². The van der Waals surface area contributed by atoms with Crippen LogP contribution in [0.4, 0.5) is 15.8 Å². The molecule has 1 amide bonds. The molecule has 10 heteroatoms. The Hall–Kier alpha value is -2.69. The van der Waals surface area contributed by atoms with Crippen molar-refractivity contribution in [1.82, 2.24) is 4.31 Å². The second-order valence-corrected chi connectivity index (χ2v) is 10.3. The minimum atomic E-state index is -3.74. The highest BCUT2D eigenvalue weighted by Crippen LogP contribution is 2.28. The minimum absolute atomic E-state index is 0.0363. The molecular weight excluding hydrogens is 461 g/mol. The van der Waals surface area contributed by atoms with Gasteiger partial charge in [0.05, 0.1) is 36.5 Å². The van der Waals surface area contributed by atoms with Gasteiger partial charge in [-0.2, -0.15) is 4.31 Å². The van der Waals surface area contributed by atoms with E-state index in [4.69, 9.17) is 9.47 Å². The van der Waals surface area contributed by atoms with Gasteiger partial charge in [0.25, 0.3) is 5.91 Å². The average Bonchev–Trinajstić information content (AvgIpc) is 3.14. The van der Waals surface area contributed by atoms with Gasteiger partial charge in [-0.05, 0) is 49.2 Å². The molecule has 0 spiro atoms. The maximum Gasteiger partial charge on any atom is 0.259 e. The number of nitrogens with zero attached hydrogens (tertiary/aromatic N) is 2. The van der Waals surface area contributed by atoms with Crippen LogP contribution in [0.1, 0.15) is 36.0 Å². The number of amides is 1. The van der Waals surface area contributed by atoms with E-state index in [0.717, 1.165) is 25.7 Å². The molecule has 0 saturated carbocycles. The highest BCUT2D eigenvalue weighted by atomic mass is 32.2. The molecule has 2 aliphatic heterocycles. The number of halogens is 1. The molecule has 2 saturated heterocycles. The second kappa shape index (κ2) is 10.7. The number of rotatable bonds is 6. The van der Waals surface area contributed by atoms with Crippen LogP contribution in [-0.4, -0.2) is 65.1 Å². The van der Waals surface area contributed by atoms with Crippen LogP contribution in [0.2, 0.25) is 0 Å². The van der Waals surface area contributed by atoms with Crippen LogP contribution < -0.4 is 15.0 Å². The summed E-state index contributed by atoms with van der Waals surface area (Å²) in [5.41, 5.74) is 0.780. The van der Waals surface area contributed by atoms with Gasteiger partial charge < -0.3 is 19.7 Å². The first-order valence-corrected chi connectivity index (χ1v) is 13.0. The Labute approximate surface area is 199 Å². The maximum atomic E-state index is 14.7. The summed E-state index contributed by atoms with van der Waals surface area (Å²) in [7, 11) is -2.33. The van der Waals surface area contributed by atoms with Gasteiger partial charge in [0, 0.05) is 31.9 Å². The summed E-state index contributed by atoms with van der Waals surface area (Å²) in [5.74, 6) is -0.801. The second-order valence-electron chi connectivity index (χ2n) is 8.40. The molecule has 2 aliphatic rings. The predicted octanol–water partition coefficient (Wildman–Crippen LogP) is 3.49. The quantitative estimate of drug-likeness (QED) is 0.666. The van der Waals surface area contributed by atoms with Crippen LogP contribution in [0.25, 0.3) is 0 Å². The Morgan fingerprint density at radius 1 is 1.00 bits per heavy atom. The molecular formula is C24H30FN3O5S. The Kier molecular flexibility index (Phi) is 7.70. The third-order valence-electron chi connectivity index (χ3n) is 6.18. The lowest BCUT2D eigenvalue weighted by Crippen LogP contribution is -2.36. The minimum Gasteiger partial charge on any atom is -0.496 e. The first-order chi connectivity index (χ1) is 16.4. The van der Waals surface area contributed by atoms with Crippen LogP contribution >= 0.6 is 0 Å². The van der Waals surface area contributed by atoms with Crippen molar-refractivity contribution in [2.75, 3.05) is 56.7 Å². The van der Waals surface area contributed by atoms with Gasteiger partial charge in [0.15, 0.2) is 0 Å². The van der Waals surface area contributed by atoms with Gasteiger partial charge in [-0.25, -0.2) is 12.8 Å². The summed E-state index contributed by atoms with van der Waals surface area (Å²) in [5, 5.41) is 2.66. The molecule has 2 fully saturated rings. The van der Waals surface area contributed by atoms with Crippen LogP contribution in [-0.2, 0) is 14.8 Å². The van der Waals surface area contributed by atoms with Gasteiger partial charge >= 0.3 is 0 Å². The summed E-state index contributed by atoms with van der Waals surface area (Å²) in [6.45, 7) is 3.19. The molecule has 0 bridgehead atoms. The van der Waals surface area contributed by atoms with Crippen molar-refractivity contribution in [3.63, 3.8) is 0 Å². The van der Waals surface area contributed by atoms with Crippen molar-refractivity contribution in [2.24, 2.45) is 0 Å².